The van der Waals surface area contributed by atoms with Crippen LogP contribution in [0.3, 0.4) is 0 Å². The van der Waals surface area contributed by atoms with Crippen LogP contribution in [-0.2, 0) is 0 Å². The summed E-state index contributed by atoms with van der Waals surface area (Å²) in [4.78, 5) is 7.15. The zero-order valence-electron chi connectivity index (χ0n) is 15.6. The topological polar surface area (TPSA) is 51.8 Å². The van der Waals surface area contributed by atoms with E-state index in [4.69, 9.17) is 0 Å². The van der Waals surface area contributed by atoms with Gasteiger partial charge in [0, 0.05) is 22.8 Å². The Morgan fingerprint density at radius 3 is 1.77 bits per heavy atom. The third-order valence-corrected chi connectivity index (χ3v) is 5.14. The molecule has 0 atom stereocenters. The summed E-state index contributed by atoms with van der Waals surface area (Å²) in [5.74, 6) is 0.420. The number of aromatic amines is 2. The fourth-order valence-electron chi connectivity index (χ4n) is 4.01. The molecule has 0 unspecified atom stereocenters. The van der Waals surface area contributed by atoms with Gasteiger partial charge in [0.1, 0.15) is 5.75 Å². The minimum absolute atomic E-state index is 0.121. The number of aromatic nitrogens is 2. The van der Waals surface area contributed by atoms with E-state index in [2.05, 4.69) is 68.0 Å². The average molecular weight is 344 g/mol. The van der Waals surface area contributed by atoms with E-state index < -0.39 is 0 Å². The summed E-state index contributed by atoms with van der Waals surface area (Å²) in [6, 6.07) is 16.4. The van der Waals surface area contributed by atoms with Crippen molar-refractivity contribution in [2.75, 3.05) is 0 Å². The van der Waals surface area contributed by atoms with Crippen LogP contribution in [0, 0.1) is 27.7 Å². The van der Waals surface area contributed by atoms with Gasteiger partial charge in [-0.1, -0.05) is 24.3 Å². The van der Waals surface area contributed by atoms with Crippen LogP contribution in [0.5, 0.6) is 5.75 Å². The smallest absolute Gasteiger partial charge is 0.116 e. The molecule has 0 fully saturated rings. The van der Waals surface area contributed by atoms with Crippen molar-refractivity contribution >= 4 is 10.8 Å². The van der Waals surface area contributed by atoms with E-state index in [1.54, 1.807) is 6.07 Å². The fourth-order valence-corrected chi connectivity index (χ4v) is 4.01. The number of benzene rings is 2. The summed E-state index contributed by atoms with van der Waals surface area (Å²) in [7, 11) is 0. The Morgan fingerprint density at radius 1 is 0.692 bits per heavy atom. The maximum Gasteiger partial charge on any atom is 0.116 e. The van der Waals surface area contributed by atoms with Gasteiger partial charge in [-0.3, -0.25) is 0 Å². The molecule has 0 aliphatic heterocycles. The highest BCUT2D eigenvalue weighted by Gasteiger charge is 2.24. The Morgan fingerprint density at radius 2 is 1.23 bits per heavy atom. The number of rotatable bonds is 3. The first kappa shape index (κ1) is 16.5. The van der Waals surface area contributed by atoms with Crippen LogP contribution in [-0.4, -0.2) is 15.1 Å². The maximum absolute atomic E-state index is 9.73. The van der Waals surface area contributed by atoms with E-state index in [0.29, 0.717) is 5.75 Å². The van der Waals surface area contributed by atoms with Crippen LogP contribution in [0.25, 0.3) is 10.8 Å². The average Bonchev–Trinajstić information content (AvgIpc) is 3.09. The van der Waals surface area contributed by atoms with Crippen molar-refractivity contribution in [1.29, 1.82) is 0 Å². The molecule has 0 spiro atoms. The summed E-state index contributed by atoms with van der Waals surface area (Å²) in [5.41, 5.74) is 8.58. The maximum atomic E-state index is 9.73. The number of aryl methyl sites for hydroxylation is 4. The number of fused-ring (bicyclic) bond motifs is 1. The number of phenolic OH excluding ortho intramolecular Hbond substituents is 1. The van der Waals surface area contributed by atoms with Crippen molar-refractivity contribution < 1.29 is 5.11 Å². The van der Waals surface area contributed by atoms with Crippen molar-refractivity contribution in [1.82, 2.24) is 9.97 Å². The minimum atomic E-state index is 0.121. The largest absolute Gasteiger partial charge is 0.508 e. The van der Waals surface area contributed by atoms with Gasteiger partial charge in [0.25, 0.3) is 0 Å². The number of phenols is 1. The predicted molar refractivity (Wildman–Crippen MR) is 107 cm³/mol. The molecule has 0 amide bonds. The lowest BCUT2D eigenvalue weighted by molar-refractivity contribution is 0.476. The molecule has 0 saturated carbocycles. The van der Waals surface area contributed by atoms with Crippen molar-refractivity contribution in [3.05, 3.63) is 88.0 Å². The lowest BCUT2D eigenvalue weighted by Gasteiger charge is -2.19. The number of H-pyrrole nitrogens is 2. The zero-order chi connectivity index (χ0) is 18.4. The second-order valence-corrected chi connectivity index (χ2v) is 7.32. The Labute approximate surface area is 153 Å². The van der Waals surface area contributed by atoms with E-state index in [9.17, 15) is 5.11 Å². The molecule has 3 N–H and O–H groups in total. The molecule has 0 aliphatic carbocycles. The lowest BCUT2D eigenvalue weighted by Crippen LogP contribution is -2.07. The van der Waals surface area contributed by atoms with Gasteiger partial charge in [-0.2, -0.15) is 0 Å². The molecular weight excluding hydrogens is 320 g/mol. The third kappa shape index (κ3) is 2.80. The molecule has 0 bridgehead atoms. The molecule has 2 aromatic heterocycles. The summed E-state index contributed by atoms with van der Waals surface area (Å²) < 4.78 is 0. The Bertz CT molecular complexity index is 1050. The van der Waals surface area contributed by atoms with Gasteiger partial charge in [0.05, 0.1) is 5.92 Å². The van der Waals surface area contributed by atoms with Gasteiger partial charge >= 0.3 is 0 Å². The summed E-state index contributed by atoms with van der Waals surface area (Å²) >= 11 is 0. The van der Waals surface area contributed by atoms with E-state index in [1.807, 2.05) is 12.1 Å². The second kappa shape index (κ2) is 6.10. The summed E-state index contributed by atoms with van der Waals surface area (Å²) in [6.07, 6.45) is 0. The van der Waals surface area contributed by atoms with Gasteiger partial charge in [-0.15, -0.1) is 0 Å². The Balaban J connectivity index is 1.94. The van der Waals surface area contributed by atoms with Gasteiger partial charge in [-0.25, -0.2) is 0 Å². The highest BCUT2D eigenvalue weighted by atomic mass is 16.3. The first-order valence-electron chi connectivity index (χ1n) is 8.97. The molecule has 3 nitrogen and oxygen atoms in total. The zero-order valence-corrected chi connectivity index (χ0v) is 15.6. The van der Waals surface area contributed by atoms with Gasteiger partial charge in [0.15, 0.2) is 0 Å². The van der Waals surface area contributed by atoms with E-state index in [0.717, 1.165) is 10.8 Å². The van der Waals surface area contributed by atoms with Crippen LogP contribution in [0.4, 0.5) is 0 Å². The molecule has 0 aliphatic rings. The quantitative estimate of drug-likeness (QED) is 0.444. The first-order valence-corrected chi connectivity index (χ1v) is 8.97. The molecule has 0 radical (unpaired) electrons. The van der Waals surface area contributed by atoms with Crippen molar-refractivity contribution in [2.45, 2.75) is 33.6 Å². The summed E-state index contributed by atoms with van der Waals surface area (Å²) in [6.45, 7) is 8.53. The number of nitrogens with one attached hydrogen (secondary N) is 2. The monoisotopic (exact) mass is 344 g/mol. The Kier molecular flexibility index (Phi) is 3.87. The molecular formula is C23H24N2O. The van der Waals surface area contributed by atoms with E-state index in [1.165, 1.54) is 39.5 Å². The van der Waals surface area contributed by atoms with Crippen molar-refractivity contribution in [2.24, 2.45) is 0 Å². The van der Waals surface area contributed by atoms with E-state index in [-0.39, 0.29) is 5.92 Å². The van der Waals surface area contributed by atoms with Crippen LogP contribution in [0.15, 0.2) is 48.5 Å². The minimum Gasteiger partial charge on any atom is -0.508 e. The fraction of sp³-hybridized carbons (Fsp3) is 0.217. The normalized spacial score (nSPS) is 11.6. The SMILES string of the molecule is Cc1cc(C)c(C(c2ccc3cc(O)ccc3c2)c2[nH]c(C)cc2C)[nH]1. The van der Waals surface area contributed by atoms with Gasteiger partial charge in [-0.05, 0) is 79.4 Å². The van der Waals surface area contributed by atoms with Gasteiger partial charge in [0.2, 0.25) is 0 Å². The molecule has 2 heterocycles. The lowest BCUT2D eigenvalue weighted by atomic mass is 9.88. The van der Waals surface area contributed by atoms with Crippen LogP contribution in [0.2, 0.25) is 0 Å². The van der Waals surface area contributed by atoms with Crippen LogP contribution in [0.1, 0.15) is 45.4 Å². The predicted octanol–water partition coefficient (Wildman–Crippen LogP) is 5.62. The standard InChI is InChI=1S/C23H24N2O/c1-13-9-15(3)24-22(13)21(23-14(2)10-16(4)25-23)19-6-5-18-12-20(26)8-7-17(18)11-19/h5-12,21,24-26H,1-4H3. The highest BCUT2D eigenvalue weighted by Crippen LogP contribution is 2.36. The Hall–Kier alpha value is -2.94. The van der Waals surface area contributed by atoms with Crippen molar-refractivity contribution in [3.8, 4) is 5.75 Å². The van der Waals surface area contributed by atoms with E-state index >= 15 is 0 Å². The highest BCUT2D eigenvalue weighted by molar-refractivity contribution is 5.84. The number of hydrogen-bond donors (Lipinski definition) is 3. The molecule has 0 saturated heterocycles. The van der Waals surface area contributed by atoms with Crippen LogP contribution < -0.4 is 0 Å². The molecule has 4 aromatic rings. The molecule has 2 aromatic carbocycles. The van der Waals surface area contributed by atoms with Crippen LogP contribution >= 0.6 is 0 Å². The molecule has 132 valence electrons. The third-order valence-electron chi connectivity index (χ3n) is 5.14. The second-order valence-electron chi connectivity index (χ2n) is 7.32. The molecule has 4 rings (SSSR count). The molecule has 3 heteroatoms. The number of hydrogen-bond acceptors (Lipinski definition) is 1. The number of aromatic hydroxyl groups is 1. The summed E-state index contributed by atoms with van der Waals surface area (Å²) in [5, 5.41) is 11.9. The first-order chi connectivity index (χ1) is 12.4. The van der Waals surface area contributed by atoms with Crippen molar-refractivity contribution in [3.63, 3.8) is 0 Å². The molecule has 26 heavy (non-hydrogen) atoms. The van der Waals surface area contributed by atoms with Gasteiger partial charge < -0.3 is 15.1 Å².